The van der Waals surface area contributed by atoms with Crippen LogP contribution in [0.4, 0.5) is 5.69 Å². The van der Waals surface area contributed by atoms with Gasteiger partial charge in [0.25, 0.3) is 0 Å². The molecular weight excluding hydrogens is 422 g/mol. The Balaban J connectivity index is 1.68. The van der Waals surface area contributed by atoms with Gasteiger partial charge in [0, 0.05) is 18.2 Å². The molecule has 9 nitrogen and oxygen atoms in total. The van der Waals surface area contributed by atoms with Crippen LogP contribution in [0, 0.1) is 0 Å². The van der Waals surface area contributed by atoms with Gasteiger partial charge in [-0.05, 0) is 42.0 Å². The number of rotatable bonds is 8. The van der Waals surface area contributed by atoms with Crippen molar-refractivity contribution < 1.29 is 19.0 Å². The quantitative estimate of drug-likeness (QED) is 0.414. The lowest BCUT2D eigenvalue weighted by molar-refractivity contribution is -0.111. The average molecular weight is 445 g/mol. The van der Waals surface area contributed by atoms with E-state index >= 15 is 0 Å². The monoisotopic (exact) mass is 445 g/mol. The third-order valence-electron chi connectivity index (χ3n) is 5.07. The summed E-state index contributed by atoms with van der Waals surface area (Å²) in [6, 6.07) is 11.1. The second-order valence-corrected chi connectivity index (χ2v) is 7.09. The molecule has 0 aliphatic heterocycles. The number of benzene rings is 2. The van der Waals surface area contributed by atoms with Gasteiger partial charge in [0.05, 0.1) is 38.1 Å². The molecule has 4 rings (SSSR count). The highest BCUT2D eigenvalue weighted by Crippen LogP contribution is 2.38. The van der Waals surface area contributed by atoms with Crippen molar-refractivity contribution in [1.29, 1.82) is 0 Å². The highest BCUT2D eigenvalue weighted by Gasteiger charge is 2.14. The largest absolute Gasteiger partial charge is 0.493 e. The van der Waals surface area contributed by atoms with Crippen LogP contribution in [0.5, 0.6) is 17.2 Å². The molecule has 0 aliphatic carbocycles. The standard InChI is InChI=1S/C24H23N5O4/c1-5-23(30)28-16-6-7-18-19(11-16)29(14-27-18)22-12-17(25-13-26-22)8-15-9-20(31-2)24(33-4)21(10-15)32-3/h5-7,9-14H,1,8H2,2-4H3,(H,28,30). The maximum atomic E-state index is 11.7. The minimum absolute atomic E-state index is 0.282. The number of amides is 1. The Labute approximate surface area is 190 Å². The highest BCUT2D eigenvalue weighted by molar-refractivity contribution is 6.00. The number of nitrogens with zero attached hydrogens (tertiary/aromatic N) is 4. The molecule has 0 radical (unpaired) electrons. The molecule has 0 aliphatic rings. The first-order valence-corrected chi connectivity index (χ1v) is 10.1. The van der Waals surface area contributed by atoms with Crippen LogP contribution in [0.2, 0.25) is 0 Å². The summed E-state index contributed by atoms with van der Waals surface area (Å²) in [6.45, 7) is 3.48. The number of nitrogens with one attached hydrogen (secondary N) is 1. The van der Waals surface area contributed by atoms with E-state index in [4.69, 9.17) is 14.2 Å². The third kappa shape index (κ3) is 4.47. The van der Waals surface area contributed by atoms with E-state index in [1.165, 1.54) is 12.4 Å². The molecule has 2 aromatic heterocycles. The Morgan fingerprint density at radius 3 is 2.45 bits per heavy atom. The minimum Gasteiger partial charge on any atom is -0.493 e. The van der Waals surface area contributed by atoms with Gasteiger partial charge in [-0.25, -0.2) is 15.0 Å². The van der Waals surface area contributed by atoms with Gasteiger partial charge in [-0.3, -0.25) is 9.36 Å². The van der Waals surface area contributed by atoms with E-state index in [-0.39, 0.29) is 5.91 Å². The number of methoxy groups -OCH3 is 3. The van der Waals surface area contributed by atoms with Gasteiger partial charge in [-0.1, -0.05) is 6.58 Å². The summed E-state index contributed by atoms with van der Waals surface area (Å²) in [5, 5.41) is 2.76. The molecule has 1 amide bonds. The Morgan fingerprint density at radius 2 is 1.79 bits per heavy atom. The number of carbonyl (C=O) groups is 1. The number of aromatic nitrogens is 4. The second kappa shape index (κ2) is 9.39. The predicted molar refractivity (Wildman–Crippen MR) is 124 cm³/mol. The summed E-state index contributed by atoms with van der Waals surface area (Å²) in [5.41, 5.74) is 3.96. The number of ether oxygens (including phenoxy) is 3. The first kappa shape index (κ1) is 21.8. The lowest BCUT2D eigenvalue weighted by Crippen LogP contribution is -2.07. The fourth-order valence-corrected chi connectivity index (χ4v) is 3.52. The number of carbonyl (C=O) groups excluding carboxylic acids is 1. The third-order valence-corrected chi connectivity index (χ3v) is 5.07. The van der Waals surface area contributed by atoms with Crippen LogP contribution in [0.15, 0.2) is 61.7 Å². The van der Waals surface area contributed by atoms with Gasteiger partial charge in [0.2, 0.25) is 11.7 Å². The summed E-state index contributed by atoms with van der Waals surface area (Å²) in [4.78, 5) is 24.9. The fourth-order valence-electron chi connectivity index (χ4n) is 3.52. The van der Waals surface area contributed by atoms with Crippen LogP contribution in [0.1, 0.15) is 11.3 Å². The van der Waals surface area contributed by atoms with E-state index in [1.54, 1.807) is 33.7 Å². The van der Waals surface area contributed by atoms with Gasteiger partial charge in [0.1, 0.15) is 18.5 Å². The first-order chi connectivity index (χ1) is 16.1. The van der Waals surface area contributed by atoms with Gasteiger partial charge in [-0.2, -0.15) is 0 Å². The van der Waals surface area contributed by atoms with Crippen LogP contribution < -0.4 is 19.5 Å². The topological polar surface area (TPSA) is 100 Å². The Kier molecular flexibility index (Phi) is 6.21. The molecule has 4 aromatic rings. The van der Waals surface area contributed by atoms with Crippen molar-refractivity contribution in [1.82, 2.24) is 19.5 Å². The van der Waals surface area contributed by atoms with Crippen molar-refractivity contribution in [2.45, 2.75) is 6.42 Å². The van der Waals surface area contributed by atoms with E-state index in [1.807, 2.05) is 34.9 Å². The van der Waals surface area contributed by atoms with Crippen LogP contribution >= 0.6 is 0 Å². The zero-order valence-electron chi connectivity index (χ0n) is 18.5. The molecule has 0 spiro atoms. The average Bonchev–Trinajstić information content (AvgIpc) is 3.26. The highest BCUT2D eigenvalue weighted by atomic mass is 16.5. The number of hydrogen-bond acceptors (Lipinski definition) is 7. The lowest BCUT2D eigenvalue weighted by Gasteiger charge is -2.14. The van der Waals surface area contributed by atoms with Crippen molar-refractivity contribution in [3.8, 4) is 23.1 Å². The summed E-state index contributed by atoms with van der Waals surface area (Å²) in [5.74, 6) is 2.07. The van der Waals surface area contributed by atoms with Crippen LogP contribution in [0.3, 0.4) is 0 Å². The summed E-state index contributed by atoms with van der Waals surface area (Å²) in [7, 11) is 4.74. The van der Waals surface area contributed by atoms with Gasteiger partial charge in [-0.15, -0.1) is 0 Å². The molecule has 1 N–H and O–H groups in total. The molecule has 2 aromatic carbocycles. The maximum absolute atomic E-state index is 11.7. The second-order valence-electron chi connectivity index (χ2n) is 7.09. The molecule has 0 fully saturated rings. The van der Waals surface area contributed by atoms with E-state index in [0.717, 1.165) is 22.3 Å². The molecule has 0 saturated heterocycles. The molecule has 33 heavy (non-hydrogen) atoms. The predicted octanol–water partition coefficient (Wildman–Crippen LogP) is 3.56. The molecule has 0 bridgehead atoms. The van der Waals surface area contributed by atoms with Crippen molar-refractivity contribution in [2.24, 2.45) is 0 Å². The van der Waals surface area contributed by atoms with Crippen molar-refractivity contribution in [3.05, 3.63) is 73.0 Å². The lowest BCUT2D eigenvalue weighted by atomic mass is 10.1. The minimum atomic E-state index is -0.282. The van der Waals surface area contributed by atoms with Crippen LogP contribution in [-0.4, -0.2) is 46.8 Å². The van der Waals surface area contributed by atoms with Crippen LogP contribution in [0.25, 0.3) is 16.9 Å². The number of anilines is 1. The number of fused-ring (bicyclic) bond motifs is 1. The van der Waals surface area contributed by atoms with Crippen molar-refractivity contribution in [3.63, 3.8) is 0 Å². The van der Waals surface area contributed by atoms with Crippen molar-refractivity contribution in [2.75, 3.05) is 26.6 Å². The molecule has 168 valence electrons. The van der Waals surface area contributed by atoms with E-state index in [0.29, 0.717) is 35.2 Å². The number of hydrogen-bond donors (Lipinski definition) is 1. The first-order valence-electron chi connectivity index (χ1n) is 10.1. The Morgan fingerprint density at radius 1 is 1.03 bits per heavy atom. The van der Waals surface area contributed by atoms with E-state index in [2.05, 4.69) is 26.8 Å². The van der Waals surface area contributed by atoms with Crippen LogP contribution in [-0.2, 0) is 11.2 Å². The Bertz CT molecular complexity index is 1310. The van der Waals surface area contributed by atoms with E-state index in [9.17, 15) is 4.79 Å². The van der Waals surface area contributed by atoms with Gasteiger partial charge in [0.15, 0.2) is 11.5 Å². The smallest absolute Gasteiger partial charge is 0.247 e. The van der Waals surface area contributed by atoms with E-state index < -0.39 is 0 Å². The molecule has 0 unspecified atom stereocenters. The zero-order chi connectivity index (χ0) is 23.4. The molecule has 0 saturated carbocycles. The summed E-state index contributed by atoms with van der Waals surface area (Å²) >= 11 is 0. The normalized spacial score (nSPS) is 10.6. The summed E-state index contributed by atoms with van der Waals surface area (Å²) < 4.78 is 18.1. The molecular formula is C24H23N5O4. The molecule has 9 heteroatoms. The number of imidazole rings is 1. The van der Waals surface area contributed by atoms with Gasteiger partial charge < -0.3 is 19.5 Å². The molecule has 0 atom stereocenters. The van der Waals surface area contributed by atoms with Crippen molar-refractivity contribution >= 4 is 22.6 Å². The SMILES string of the molecule is C=CC(=O)Nc1ccc2ncn(-c3cc(Cc4cc(OC)c(OC)c(OC)c4)ncn3)c2c1. The molecule has 2 heterocycles. The summed E-state index contributed by atoms with van der Waals surface area (Å²) in [6.07, 6.45) is 4.95. The van der Waals surface area contributed by atoms with Gasteiger partial charge >= 0.3 is 0 Å². The maximum Gasteiger partial charge on any atom is 0.247 e. The Hall–Kier alpha value is -4.40. The zero-order valence-corrected chi connectivity index (χ0v) is 18.5. The fraction of sp³-hybridized carbons (Fsp3) is 0.167.